The Labute approximate surface area is 243 Å². The van der Waals surface area contributed by atoms with Gasteiger partial charge in [0.15, 0.2) is 0 Å². The molecule has 1 heterocycles. The summed E-state index contributed by atoms with van der Waals surface area (Å²) >= 11 is -7.62. The molecular weight excluding hydrogens is 745 g/mol. The Morgan fingerprint density at radius 3 is 1.00 bits per heavy atom. The molecule has 1 aliphatic rings. The Bertz CT molecular complexity index is 1770. The van der Waals surface area contributed by atoms with E-state index in [9.17, 15) is 86.4 Å². The zero-order valence-electron chi connectivity index (χ0n) is 20.0. The van der Waals surface area contributed by atoms with Gasteiger partial charge in [0.2, 0.25) is 0 Å². The third-order valence-electron chi connectivity index (χ3n) is 5.34. The summed E-state index contributed by atoms with van der Waals surface area (Å²) in [6.45, 7) is 0. The van der Waals surface area contributed by atoms with Gasteiger partial charge in [0, 0.05) is 22.5 Å². The lowest BCUT2D eigenvalue weighted by molar-refractivity contribution is -0.0509. The smallest absolute Gasteiger partial charge is 0.317 e. The van der Waals surface area contributed by atoms with Gasteiger partial charge < -0.3 is 6.58 Å². The van der Waals surface area contributed by atoms with Crippen molar-refractivity contribution in [2.75, 3.05) is 6.58 Å². The minimum absolute atomic E-state index is 0.109. The van der Waals surface area contributed by atoms with Crippen LogP contribution in [0.1, 0.15) is 0 Å². The standard InChI is InChI=1S/C14H8F6N2O4S2.C2F6NO4S2.Al/c15-13(16,17)27(23,24)21-11-7-3-1-5-9(11)10-6-2-4-8-12(10)22-28(25,26)14(18,19)20;3-1(4,5)14(10,11)9-15(12,13)2(6,7)8;/h1-8H;;/q-2;-1;+3. The predicted molar refractivity (Wildman–Crippen MR) is 124 cm³/mol. The fourth-order valence-electron chi connectivity index (χ4n) is 3.61. The van der Waals surface area contributed by atoms with Crippen molar-refractivity contribution in [3.8, 4) is 11.1 Å². The second kappa shape index (κ2) is 10.5. The van der Waals surface area contributed by atoms with Crippen molar-refractivity contribution in [1.82, 2.24) is 2.69 Å². The fraction of sp³-hybridized carbons (Fsp3) is 0.250. The molecular formula is C16H8AlF12N3O8S4. The average Bonchev–Trinajstić information content (AvgIpc) is 2.94. The molecule has 0 spiro atoms. The van der Waals surface area contributed by atoms with Gasteiger partial charge in [-0.05, 0) is 12.1 Å². The highest BCUT2D eigenvalue weighted by Gasteiger charge is 2.75. The Kier molecular flexibility index (Phi) is 8.60. The predicted octanol–water partition coefficient (Wildman–Crippen LogP) is 3.67. The number of sulfonamides is 4. The zero-order chi connectivity index (χ0) is 34.3. The second-order valence-corrected chi connectivity index (χ2v) is 19.2. The third kappa shape index (κ3) is 5.46. The number of alkyl halides is 12. The number of para-hydroxylation sites is 2. The van der Waals surface area contributed by atoms with Crippen molar-refractivity contribution in [2.24, 2.45) is 0 Å². The maximum Gasteiger partial charge on any atom is 0.758 e. The molecule has 0 saturated carbocycles. The van der Waals surface area contributed by atoms with Crippen molar-refractivity contribution < 1.29 is 86.4 Å². The highest BCUT2D eigenvalue weighted by Crippen LogP contribution is 2.50. The van der Waals surface area contributed by atoms with E-state index in [-0.39, 0.29) is 12.1 Å². The van der Waals surface area contributed by atoms with Crippen LogP contribution >= 0.6 is 0 Å². The van der Waals surface area contributed by atoms with Crippen molar-refractivity contribution in [3.63, 3.8) is 0 Å². The van der Waals surface area contributed by atoms with Crippen LogP contribution < -0.4 is 6.58 Å². The normalized spacial score (nSPS) is 16.1. The van der Waals surface area contributed by atoms with Crippen LogP contribution in [-0.2, 0) is 40.1 Å². The molecule has 3 rings (SSSR count). The molecule has 0 atom stereocenters. The van der Waals surface area contributed by atoms with E-state index in [4.69, 9.17) is 0 Å². The minimum Gasteiger partial charge on any atom is -0.317 e. The Balaban J connectivity index is 2.87. The molecule has 0 bridgehead atoms. The summed E-state index contributed by atoms with van der Waals surface area (Å²) < 4.78 is 261. The van der Waals surface area contributed by atoms with Crippen LogP contribution in [-0.4, -0.2) is 73.2 Å². The van der Waals surface area contributed by atoms with E-state index in [0.29, 0.717) is 24.3 Å². The topological polar surface area (TPSA) is 146 Å². The fourth-order valence-corrected chi connectivity index (χ4v) is 16.9. The number of anilines is 2. The van der Waals surface area contributed by atoms with E-state index >= 15 is 0 Å². The summed E-state index contributed by atoms with van der Waals surface area (Å²) in [6.07, 6.45) is 0. The second-order valence-electron chi connectivity index (χ2n) is 8.00. The lowest BCUT2D eigenvalue weighted by Crippen LogP contribution is -2.72. The van der Waals surface area contributed by atoms with Crippen molar-refractivity contribution in [3.05, 3.63) is 48.5 Å². The summed E-state index contributed by atoms with van der Waals surface area (Å²) in [4.78, 5) is 0. The van der Waals surface area contributed by atoms with Crippen LogP contribution in [0, 0.1) is 0 Å². The van der Waals surface area contributed by atoms with Gasteiger partial charge in [-0.25, -0.2) is 16.8 Å². The van der Waals surface area contributed by atoms with E-state index in [1.165, 1.54) is 0 Å². The van der Waals surface area contributed by atoms with Crippen molar-refractivity contribution >= 4 is 66.3 Å². The quantitative estimate of drug-likeness (QED) is 0.332. The number of nitrogens with zero attached hydrogens (tertiary/aromatic N) is 3. The number of rotatable bonds is 5. The Morgan fingerprint density at radius 1 is 0.477 bits per heavy atom. The molecule has 28 heteroatoms. The van der Waals surface area contributed by atoms with Crippen LogP contribution in [0.15, 0.2) is 48.5 Å². The van der Waals surface area contributed by atoms with Crippen LogP contribution in [0.25, 0.3) is 11.1 Å². The number of fused-ring (bicyclic) bond motifs is 3. The Morgan fingerprint density at radius 2 is 0.750 bits per heavy atom. The number of halogens is 12. The molecule has 11 nitrogen and oxygen atoms in total. The van der Waals surface area contributed by atoms with E-state index in [1.54, 1.807) is 0 Å². The lowest BCUT2D eigenvalue weighted by atomic mass is 10.0. The van der Waals surface area contributed by atoms with E-state index in [0.717, 1.165) is 12.1 Å². The van der Waals surface area contributed by atoms with Crippen molar-refractivity contribution in [1.29, 1.82) is 0 Å². The maximum absolute atomic E-state index is 14.0. The molecule has 0 radical (unpaired) electrons. The highest BCUT2D eigenvalue weighted by molar-refractivity contribution is 8.08. The van der Waals surface area contributed by atoms with E-state index < -0.39 is 109 Å². The van der Waals surface area contributed by atoms with Gasteiger partial charge in [-0.2, -0.15) is 69.5 Å². The van der Waals surface area contributed by atoms with Crippen molar-refractivity contribution in [2.45, 2.75) is 22.0 Å². The minimum atomic E-state index is -8.44. The lowest BCUT2D eigenvalue weighted by Gasteiger charge is -2.39. The molecule has 2 aromatic carbocycles. The molecule has 0 unspecified atom stereocenters. The van der Waals surface area contributed by atoms with Gasteiger partial charge in [-0.15, -0.1) is 2.69 Å². The number of benzene rings is 2. The molecule has 0 fully saturated rings. The molecule has 0 aliphatic carbocycles. The summed E-state index contributed by atoms with van der Waals surface area (Å²) in [6, 6.07) is 3.85. The van der Waals surface area contributed by atoms with Crippen LogP contribution in [0.2, 0.25) is 0 Å². The monoisotopic (exact) mass is 753 g/mol. The molecule has 246 valence electrons. The summed E-state index contributed by atoms with van der Waals surface area (Å²) in [5.74, 6) is 0. The first-order chi connectivity index (χ1) is 19.5. The molecule has 2 aromatic rings. The van der Waals surface area contributed by atoms with Gasteiger partial charge in [0.05, 0.1) is 0 Å². The molecule has 0 N–H and O–H groups in total. The Hall–Kier alpha value is -2.51. The average molecular weight is 753 g/mol. The number of hydrogen-bond acceptors (Lipinski definition) is 8. The summed E-state index contributed by atoms with van der Waals surface area (Å²) in [5, 5.41) is 0. The number of hydrogen-bond donors (Lipinski definition) is 0. The van der Waals surface area contributed by atoms with E-state index in [2.05, 4.69) is 0 Å². The first kappa shape index (κ1) is 36.0. The van der Waals surface area contributed by atoms with Gasteiger partial charge in [0.1, 0.15) is 0 Å². The first-order valence-corrected chi connectivity index (χ1v) is 17.6. The van der Waals surface area contributed by atoms with Crippen LogP contribution in [0.3, 0.4) is 0 Å². The van der Waals surface area contributed by atoms with Gasteiger partial charge >= 0.3 is 76.9 Å². The largest absolute Gasteiger partial charge is 0.758 e. The molecule has 0 aromatic heterocycles. The molecule has 44 heavy (non-hydrogen) atoms. The van der Waals surface area contributed by atoms with Crippen LogP contribution in [0.5, 0.6) is 0 Å². The maximum atomic E-state index is 14.0. The van der Waals surface area contributed by atoms with Gasteiger partial charge in [-0.1, -0.05) is 36.4 Å². The van der Waals surface area contributed by atoms with E-state index in [1.807, 2.05) is 0 Å². The SMILES string of the molecule is O=S(=O)([N]1c2ccccc2-c2ccccc2[N](S(=O)(=O)C(F)(F)F)[Al]1[N](S(=O)(=O)C(F)(F)F)S(=O)(=O)C(F)(F)F)C(F)(F)F. The van der Waals surface area contributed by atoms with Gasteiger partial charge in [-0.3, -0.25) is 0 Å². The summed E-state index contributed by atoms with van der Waals surface area (Å²) in [7, 11) is -32.4. The zero-order valence-corrected chi connectivity index (χ0v) is 24.4. The molecule has 0 amide bonds. The first-order valence-electron chi connectivity index (χ1n) is 10.3. The summed E-state index contributed by atoms with van der Waals surface area (Å²) in [5.41, 5.74) is -34.5. The molecule has 1 aliphatic heterocycles. The third-order valence-corrected chi connectivity index (χ3v) is 18.6. The molecule has 0 saturated heterocycles. The highest BCUT2D eigenvalue weighted by atomic mass is 32.3. The van der Waals surface area contributed by atoms with Gasteiger partial charge in [0.25, 0.3) is 0 Å². The van der Waals surface area contributed by atoms with Crippen LogP contribution in [0.4, 0.5) is 64.1 Å².